The Morgan fingerprint density at radius 2 is 2.16 bits per heavy atom. The molecule has 0 aliphatic carbocycles. The summed E-state index contributed by atoms with van der Waals surface area (Å²) < 4.78 is 1.07. The van der Waals surface area contributed by atoms with Crippen LogP contribution in [-0.4, -0.2) is 35.0 Å². The van der Waals surface area contributed by atoms with E-state index in [-0.39, 0.29) is 12.3 Å². The number of aliphatic carboxylic acids is 1. The number of hydrogen-bond donors (Lipinski definition) is 1. The second kappa shape index (κ2) is 6.36. The Labute approximate surface area is 125 Å². The summed E-state index contributed by atoms with van der Waals surface area (Å²) in [5.74, 6) is -0.694. The van der Waals surface area contributed by atoms with E-state index in [2.05, 4.69) is 22.6 Å². The number of nitrogens with zero attached hydrogens (tertiary/aromatic N) is 1. The SMILES string of the molecule is O=C(O)CCCCN1CCc2ccc(I)cc2C1=O. The molecule has 0 aromatic heterocycles. The molecule has 1 aromatic rings. The molecular formula is C14H16INO3. The van der Waals surface area contributed by atoms with Crippen molar-refractivity contribution in [1.29, 1.82) is 0 Å². The maximum absolute atomic E-state index is 12.3. The van der Waals surface area contributed by atoms with Crippen LogP contribution >= 0.6 is 22.6 Å². The third-order valence-electron chi connectivity index (χ3n) is 3.31. The number of rotatable bonds is 5. The summed E-state index contributed by atoms with van der Waals surface area (Å²) in [6, 6.07) is 5.98. The molecule has 0 unspecified atom stereocenters. The van der Waals surface area contributed by atoms with Gasteiger partial charge in [0.15, 0.2) is 0 Å². The quantitative estimate of drug-likeness (QED) is 0.638. The monoisotopic (exact) mass is 373 g/mol. The van der Waals surface area contributed by atoms with E-state index >= 15 is 0 Å². The zero-order chi connectivity index (χ0) is 13.8. The van der Waals surface area contributed by atoms with Gasteiger partial charge in [-0.2, -0.15) is 0 Å². The number of benzene rings is 1. The number of carbonyl (C=O) groups excluding carboxylic acids is 1. The maximum Gasteiger partial charge on any atom is 0.303 e. The van der Waals surface area contributed by atoms with Gasteiger partial charge in [-0.05, 0) is 59.5 Å². The molecule has 0 bridgehead atoms. The topological polar surface area (TPSA) is 57.6 Å². The smallest absolute Gasteiger partial charge is 0.303 e. The third kappa shape index (κ3) is 3.68. The molecule has 0 spiro atoms. The Kier molecular flexibility index (Phi) is 4.79. The summed E-state index contributed by atoms with van der Waals surface area (Å²) >= 11 is 2.21. The maximum atomic E-state index is 12.3. The van der Waals surface area contributed by atoms with Gasteiger partial charge in [-0.25, -0.2) is 0 Å². The van der Waals surface area contributed by atoms with Crippen molar-refractivity contribution < 1.29 is 14.7 Å². The third-order valence-corrected chi connectivity index (χ3v) is 3.98. The summed E-state index contributed by atoms with van der Waals surface area (Å²) in [4.78, 5) is 24.6. The van der Waals surface area contributed by atoms with Gasteiger partial charge in [-0.15, -0.1) is 0 Å². The second-order valence-corrected chi connectivity index (χ2v) is 5.94. The van der Waals surface area contributed by atoms with Gasteiger partial charge >= 0.3 is 5.97 Å². The molecule has 1 N–H and O–H groups in total. The Morgan fingerprint density at radius 1 is 1.37 bits per heavy atom. The van der Waals surface area contributed by atoms with Crippen LogP contribution in [0.3, 0.4) is 0 Å². The van der Waals surface area contributed by atoms with Crippen LogP contribution in [0.25, 0.3) is 0 Å². The molecule has 0 fully saturated rings. The van der Waals surface area contributed by atoms with Crippen molar-refractivity contribution in [3.63, 3.8) is 0 Å². The Morgan fingerprint density at radius 3 is 2.89 bits per heavy atom. The minimum absolute atomic E-state index is 0.0788. The number of carbonyl (C=O) groups is 2. The highest BCUT2D eigenvalue weighted by atomic mass is 127. The first-order valence-corrected chi connectivity index (χ1v) is 7.45. The Bertz CT molecular complexity index is 501. The van der Waals surface area contributed by atoms with Crippen LogP contribution in [0, 0.1) is 3.57 Å². The lowest BCUT2D eigenvalue weighted by Gasteiger charge is -2.28. The summed E-state index contributed by atoms with van der Waals surface area (Å²) in [6.45, 7) is 1.39. The average Bonchev–Trinajstić information content (AvgIpc) is 2.37. The standard InChI is InChI=1S/C14H16INO3/c15-11-5-4-10-6-8-16(14(19)12(10)9-11)7-2-1-3-13(17)18/h4-5,9H,1-3,6-8H2,(H,17,18). The zero-order valence-electron chi connectivity index (χ0n) is 10.6. The molecule has 1 heterocycles. The minimum atomic E-state index is -0.773. The first kappa shape index (κ1) is 14.3. The van der Waals surface area contributed by atoms with Crippen molar-refractivity contribution in [1.82, 2.24) is 4.90 Å². The fourth-order valence-corrected chi connectivity index (χ4v) is 2.78. The van der Waals surface area contributed by atoms with Gasteiger partial charge in [0.05, 0.1) is 0 Å². The van der Waals surface area contributed by atoms with E-state index in [1.54, 1.807) is 0 Å². The molecule has 1 aliphatic rings. The van der Waals surface area contributed by atoms with Crippen LogP contribution in [0.15, 0.2) is 18.2 Å². The van der Waals surface area contributed by atoms with Crippen molar-refractivity contribution in [2.45, 2.75) is 25.7 Å². The lowest BCUT2D eigenvalue weighted by molar-refractivity contribution is -0.137. The van der Waals surface area contributed by atoms with Gasteiger partial charge < -0.3 is 10.0 Å². The van der Waals surface area contributed by atoms with Crippen LogP contribution in [0.2, 0.25) is 0 Å². The molecule has 4 nitrogen and oxygen atoms in total. The second-order valence-electron chi connectivity index (χ2n) is 4.69. The zero-order valence-corrected chi connectivity index (χ0v) is 12.7. The predicted molar refractivity (Wildman–Crippen MR) is 80.3 cm³/mol. The van der Waals surface area contributed by atoms with Gasteiger partial charge in [0, 0.05) is 28.6 Å². The number of hydrogen-bond acceptors (Lipinski definition) is 2. The van der Waals surface area contributed by atoms with E-state index in [9.17, 15) is 9.59 Å². The number of unbranched alkanes of at least 4 members (excludes halogenated alkanes) is 1. The van der Waals surface area contributed by atoms with Crippen LogP contribution in [0.4, 0.5) is 0 Å². The molecular weight excluding hydrogens is 357 g/mol. The normalized spacial score (nSPS) is 14.4. The average molecular weight is 373 g/mol. The molecule has 19 heavy (non-hydrogen) atoms. The molecule has 1 aliphatic heterocycles. The van der Waals surface area contributed by atoms with Gasteiger partial charge in [-0.3, -0.25) is 9.59 Å². The molecule has 0 saturated carbocycles. The van der Waals surface area contributed by atoms with Crippen molar-refractivity contribution >= 4 is 34.5 Å². The van der Waals surface area contributed by atoms with Crippen LogP contribution in [0.5, 0.6) is 0 Å². The first-order valence-electron chi connectivity index (χ1n) is 6.37. The summed E-state index contributed by atoms with van der Waals surface area (Å²) in [5, 5.41) is 8.58. The van der Waals surface area contributed by atoms with E-state index in [0.717, 1.165) is 34.1 Å². The van der Waals surface area contributed by atoms with E-state index in [0.29, 0.717) is 13.0 Å². The van der Waals surface area contributed by atoms with Crippen molar-refractivity contribution in [2.75, 3.05) is 13.1 Å². The highest BCUT2D eigenvalue weighted by Crippen LogP contribution is 2.21. The predicted octanol–water partition coefficient (Wildman–Crippen LogP) is 2.54. The lowest BCUT2D eigenvalue weighted by atomic mass is 9.99. The van der Waals surface area contributed by atoms with Crippen molar-refractivity contribution in [2.24, 2.45) is 0 Å². The van der Waals surface area contributed by atoms with Gasteiger partial charge in [0.25, 0.3) is 5.91 Å². The minimum Gasteiger partial charge on any atom is -0.481 e. The van der Waals surface area contributed by atoms with Crippen molar-refractivity contribution in [3.05, 3.63) is 32.9 Å². The molecule has 2 rings (SSSR count). The number of halogens is 1. The number of amides is 1. The molecule has 0 radical (unpaired) electrons. The van der Waals surface area contributed by atoms with Crippen LogP contribution in [-0.2, 0) is 11.2 Å². The van der Waals surface area contributed by atoms with Crippen LogP contribution < -0.4 is 0 Å². The molecule has 0 atom stereocenters. The highest BCUT2D eigenvalue weighted by Gasteiger charge is 2.23. The molecule has 5 heteroatoms. The van der Waals surface area contributed by atoms with E-state index in [1.165, 1.54) is 0 Å². The van der Waals surface area contributed by atoms with E-state index < -0.39 is 5.97 Å². The van der Waals surface area contributed by atoms with Gasteiger partial charge in [0.2, 0.25) is 0 Å². The number of carboxylic acid groups (broad SMARTS) is 1. The molecule has 102 valence electrons. The molecule has 0 saturated heterocycles. The highest BCUT2D eigenvalue weighted by molar-refractivity contribution is 14.1. The fraction of sp³-hybridized carbons (Fsp3) is 0.429. The van der Waals surface area contributed by atoms with E-state index in [4.69, 9.17) is 5.11 Å². The summed E-state index contributed by atoms with van der Waals surface area (Å²) in [6.07, 6.45) is 2.43. The lowest BCUT2D eigenvalue weighted by Crippen LogP contribution is -2.38. The fourth-order valence-electron chi connectivity index (χ4n) is 2.29. The Hall–Kier alpha value is -1.11. The first-order chi connectivity index (χ1) is 9.08. The van der Waals surface area contributed by atoms with Gasteiger partial charge in [0.1, 0.15) is 0 Å². The molecule has 1 aromatic carbocycles. The van der Waals surface area contributed by atoms with Crippen molar-refractivity contribution in [3.8, 4) is 0 Å². The Balaban J connectivity index is 1.95. The van der Waals surface area contributed by atoms with Gasteiger partial charge in [-0.1, -0.05) is 6.07 Å². The van der Waals surface area contributed by atoms with E-state index in [1.807, 2.05) is 23.1 Å². The largest absolute Gasteiger partial charge is 0.481 e. The number of carboxylic acids is 1. The van der Waals surface area contributed by atoms with Crippen LogP contribution in [0.1, 0.15) is 35.2 Å². The summed E-state index contributed by atoms with van der Waals surface area (Å²) in [7, 11) is 0. The summed E-state index contributed by atoms with van der Waals surface area (Å²) in [5.41, 5.74) is 1.92. The number of fused-ring (bicyclic) bond motifs is 1. The molecule has 1 amide bonds.